The first-order chi connectivity index (χ1) is 10.9. The van der Waals surface area contributed by atoms with Crippen molar-refractivity contribution < 1.29 is 0 Å². The van der Waals surface area contributed by atoms with Crippen LogP contribution in [0.1, 0.15) is 11.1 Å². The monoisotopic (exact) mass is 279 g/mol. The van der Waals surface area contributed by atoms with Gasteiger partial charge in [0.05, 0.1) is 17.6 Å². The summed E-state index contributed by atoms with van der Waals surface area (Å²) in [6.07, 6.45) is 3.59. The lowest BCUT2D eigenvalue weighted by Gasteiger charge is -2.11. The van der Waals surface area contributed by atoms with Gasteiger partial charge in [-0.25, -0.2) is 0 Å². The molecule has 0 saturated carbocycles. The molecule has 0 amide bonds. The molecule has 5 rings (SSSR count). The van der Waals surface area contributed by atoms with Crippen LogP contribution >= 0.6 is 0 Å². The van der Waals surface area contributed by atoms with E-state index in [0.29, 0.717) is 0 Å². The van der Waals surface area contributed by atoms with E-state index >= 15 is 0 Å². The molecule has 0 N–H and O–H groups in total. The zero-order valence-electron chi connectivity index (χ0n) is 12.0. The standard InChI is InChI=1S/C21H13N/c1-2-9-16(10-3-1)22-20-13-7-6-12-18(20)19-14-15-8-4-5-11-17(15)21(19)22/h1-13H. The Morgan fingerprint density at radius 3 is 2.32 bits per heavy atom. The predicted octanol–water partition coefficient (Wildman–Crippen LogP) is 5.09. The van der Waals surface area contributed by atoms with Crippen molar-refractivity contribution in [1.29, 1.82) is 0 Å². The van der Waals surface area contributed by atoms with E-state index in [1.165, 1.54) is 39.0 Å². The third kappa shape index (κ3) is 1.48. The topological polar surface area (TPSA) is 4.93 Å². The van der Waals surface area contributed by atoms with E-state index in [-0.39, 0.29) is 0 Å². The summed E-state index contributed by atoms with van der Waals surface area (Å²) >= 11 is 0. The van der Waals surface area contributed by atoms with Gasteiger partial charge in [0, 0.05) is 16.6 Å². The minimum absolute atomic E-state index is 1.18. The number of para-hydroxylation sites is 2. The van der Waals surface area contributed by atoms with Crippen molar-refractivity contribution >= 4 is 10.9 Å². The molecule has 1 heterocycles. The van der Waals surface area contributed by atoms with Crippen molar-refractivity contribution in [3.8, 4) is 16.9 Å². The lowest BCUT2D eigenvalue weighted by molar-refractivity contribution is 1.14. The highest BCUT2D eigenvalue weighted by Crippen LogP contribution is 2.44. The van der Waals surface area contributed by atoms with Crippen molar-refractivity contribution in [3.05, 3.63) is 96.4 Å². The largest absolute Gasteiger partial charge is 0.309 e. The minimum atomic E-state index is 1.18. The molecule has 0 unspecified atom stereocenters. The molecule has 102 valence electrons. The summed E-state index contributed by atoms with van der Waals surface area (Å²) in [5.74, 6) is 0. The van der Waals surface area contributed by atoms with E-state index in [1.54, 1.807) is 0 Å². The highest BCUT2D eigenvalue weighted by atomic mass is 15.0. The van der Waals surface area contributed by atoms with Crippen LogP contribution in [0.25, 0.3) is 27.8 Å². The molecular formula is C21H13N. The van der Waals surface area contributed by atoms with Crippen LogP contribution in [0.4, 0.5) is 0 Å². The average molecular weight is 279 g/mol. The van der Waals surface area contributed by atoms with Gasteiger partial charge in [0.2, 0.25) is 0 Å². The van der Waals surface area contributed by atoms with Gasteiger partial charge >= 0.3 is 0 Å². The predicted molar refractivity (Wildman–Crippen MR) is 90.2 cm³/mol. The maximum absolute atomic E-state index is 3.59. The Balaban J connectivity index is 1.95. The van der Waals surface area contributed by atoms with Crippen molar-refractivity contribution in [2.24, 2.45) is 0 Å². The number of hydrogen-bond donors (Lipinski definition) is 0. The van der Waals surface area contributed by atoms with Crippen LogP contribution in [0, 0.1) is 6.42 Å². The van der Waals surface area contributed by atoms with E-state index in [1.807, 2.05) is 0 Å². The molecule has 0 fully saturated rings. The SMILES string of the molecule is [C]1c2ccccc2-c2c1c1ccccc1n2-c1ccccc1. The Morgan fingerprint density at radius 2 is 1.41 bits per heavy atom. The molecule has 1 heteroatoms. The van der Waals surface area contributed by atoms with Crippen molar-refractivity contribution in [1.82, 2.24) is 4.57 Å². The molecule has 0 bridgehead atoms. The van der Waals surface area contributed by atoms with E-state index < -0.39 is 0 Å². The van der Waals surface area contributed by atoms with Gasteiger partial charge in [0.1, 0.15) is 0 Å². The van der Waals surface area contributed by atoms with E-state index in [2.05, 4.69) is 89.9 Å². The maximum Gasteiger partial charge on any atom is 0.0586 e. The van der Waals surface area contributed by atoms with Crippen molar-refractivity contribution in [2.75, 3.05) is 0 Å². The summed E-state index contributed by atoms with van der Waals surface area (Å²) in [6, 6.07) is 27.6. The molecule has 22 heavy (non-hydrogen) atoms. The number of benzene rings is 3. The van der Waals surface area contributed by atoms with Gasteiger partial charge in [-0.3, -0.25) is 0 Å². The Kier molecular flexibility index (Phi) is 2.33. The summed E-state index contributed by atoms with van der Waals surface area (Å²) in [7, 11) is 0. The number of nitrogens with zero attached hydrogens (tertiary/aromatic N) is 1. The van der Waals surface area contributed by atoms with Crippen LogP contribution < -0.4 is 0 Å². The lowest BCUT2D eigenvalue weighted by atomic mass is 10.1. The fourth-order valence-electron chi connectivity index (χ4n) is 3.40. The number of fused-ring (bicyclic) bond motifs is 5. The van der Waals surface area contributed by atoms with Gasteiger partial charge in [-0.1, -0.05) is 60.7 Å². The van der Waals surface area contributed by atoms with Crippen LogP contribution in [0.15, 0.2) is 78.9 Å². The normalized spacial score (nSPS) is 12.4. The van der Waals surface area contributed by atoms with Gasteiger partial charge in [0.25, 0.3) is 0 Å². The smallest absolute Gasteiger partial charge is 0.0586 e. The zero-order chi connectivity index (χ0) is 14.5. The summed E-state index contributed by atoms with van der Waals surface area (Å²) in [5.41, 5.74) is 7.34. The van der Waals surface area contributed by atoms with Gasteiger partial charge < -0.3 is 4.57 Å². The molecule has 4 aromatic rings. The quantitative estimate of drug-likeness (QED) is 0.403. The fourth-order valence-corrected chi connectivity index (χ4v) is 3.40. The zero-order valence-corrected chi connectivity index (χ0v) is 12.0. The van der Waals surface area contributed by atoms with Crippen LogP contribution in [-0.2, 0) is 0 Å². The second-order valence-corrected chi connectivity index (χ2v) is 5.58. The van der Waals surface area contributed by atoms with E-state index in [0.717, 1.165) is 0 Å². The molecule has 1 aromatic heterocycles. The van der Waals surface area contributed by atoms with Gasteiger partial charge in [0.15, 0.2) is 0 Å². The number of rotatable bonds is 1. The summed E-state index contributed by atoms with van der Waals surface area (Å²) < 4.78 is 2.35. The van der Waals surface area contributed by atoms with Gasteiger partial charge in [-0.15, -0.1) is 0 Å². The number of aromatic nitrogens is 1. The second-order valence-electron chi connectivity index (χ2n) is 5.58. The minimum Gasteiger partial charge on any atom is -0.309 e. The molecular weight excluding hydrogens is 266 g/mol. The third-order valence-corrected chi connectivity index (χ3v) is 4.33. The molecule has 0 aliphatic heterocycles. The van der Waals surface area contributed by atoms with Crippen LogP contribution in [-0.4, -0.2) is 4.57 Å². The summed E-state index contributed by atoms with van der Waals surface area (Å²) in [5, 5.41) is 1.26. The maximum atomic E-state index is 3.59. The molecule has 1 nitrogen and oxygen atoms in total. The molecule has 1 aliphatic carbocycles. The summed E-state index contributed by atoms with van der Waals surface area (Å²) in [6.45, 7) is 0. The number of hydrogen-bond acceptors (Lipinski definition) is 0. The van der Waals surface area contributed by atoms with Crippen LogP contribution in [0.2, 0.25) is 0 Å². The molecule has 0 atom stereocenters. The van der Waals surface area contributed by atoms with Crippen LogP contribution in [0.3, 0.4) is 0 Å². The molecule has 0 saturated heterocycles. The van der Waals surface area contributed by atoms with Crippen LogP contribution in [0.5, 0.6) is 0 Å². The molecule has 1 aliphatic rings. The van der Waals surface area contributed by atoms with E-state index in [9.17, 15) is 0 Å². The van der Waals surface area contributed by atoms with E-state index in [4.69, 9.17) is 0 Å². The second kappa shape index (κ2) is 4.35. The van der Waals surface area contributed by atoms with Crippen molar-refractivity contribution in [3.63, 3.8) is 0 Å². The average Bonchev–Trinajstić information content (AvgIpc) is 3.10. The molecule has 0 spiro atoms. The Bertz CT molecular complexity index is 993. The molecule has 2 radical (unpaired) electrons. The summed E-state index contributed by atoms with van der Waals surface area (Å²) in [4.78, 5) is 0. The van der Waals surface area contributed by atoms with Gasteiger partial charge in [-0.05, 0) is 29.3 Å². The van der Waals surface area contributed by atoms with Crippen molar-refractivity contribution in [2.45, 2.75) is 0 Å². The van der Waals surface area contributed by atoms with Gasteiger partial charge in [-0.2, -0.15) is 0 Å². The Labute approximate surface area is 129 Å². The highest BCUT2D eigenvalue weighted by molar-refractivity contribution is 5.99. The Hall–Kier alpha value is -2.80. The first-order valence-electron chi connectivity index (χ1n) is 7.49. The fraction of sp³-hybridized carbons (Fsp3) is 0. The first kappa shape index (κ1) is 11.8. The molecule has 3 aromatic carbocycles. The third-order valence-electron chi connectivity index (χ3n) is 4.33. The highest BCUT2D eigenvalue weighted by Gasteiger charge is 2.27. The first-order valence-corrected chi connectivity index (χ1v) is 7.49. The lowest BCUT2D eigenvalue weighted by Crippen LogP contribution is -1.96. The Morgan fingerprint density at radius 1 is 0.682 bits per heavy atom.